The van der Waals surface area contributed by atoms with Crippen molar-refractivity contribution in [2.45, 2.75) is 19.5 Å². The number of hydrogen-bond donors (Lipinski definition) is 1. The van der Waals surface area contributed by atoms with Gasteiger partial charge < -0.3 is 10.1 Å². The van der Waals surface area contributed by atoms with Gasteiger partial charge in [-0.2, -0.15) is 5.26 Å². The number of carbonyl (C=O) groups excluding carboxylic acids is 1. The number of carbonyl (C=O) groups is 1. The standard InChI is InChI=1S/C12H12F2N2O2/c1-8(18-7-11(13)14)12(17)16-10-5-3-2-4-9(10)6-15/h2-5,8,11H,7H2,1H3,(H,16,17). The Bertz CT molecular complexity index is 458. The zero-order valence-electron chi connectivity index (χ0n) is 9.69. The van der Waals surface area contributed by atoms with E-state index in [-0.39, 0.29) is 0 Å². The summed E-state index contributed by atoms with van der Waals surface area (Å²) in [7, 11) is 0. The molecule has 0 spiro atoms. The predicted octanol–water partition coefficient (Wildman–Crippen LogP) is 2.17. The summed E-state index contributed by atoms with van der Waals surface area (Å²) in [5.74, 6) is -0.571. The first-order valence-electron chi connectivity index (χ1n) is 5.24. The number of anilines is 1. The number of alkyl halides is 2. The molecule has 0 aliphatic carbocycles. The van der Waals surface area contributed by atoms with Crippen molar-refractivity contribution in [2.24, 2.45) is 0 Å². The molecule has 1 amide bonds. The number of para-hydroxylation sites is 1. The highest BCUT2D eigenvalue weighted by Crippen LogP contribution is 2.14. The van der Waals surface area contributed by atoms with Crippen molar-refractivity contribution < 1.29 is 18.3 Å². The zero-order valence-corrected chi connectivity index (χ0v) is 9.69. The molecule has 0 saturated heterocycles. The normalized spacial score (nSPS) is 11.9. The van der Waals surface area contributed by atoms with Gasteiger partial charge in [0.15, 0.2) is 0 Å². The van der Waals surface area contributed by atoms with Crippen LogP contribution < -0.4 is 5.32 Å². The molecule has 0 aliphatic rings. The first kappa shape index (κ1) is 14.1. The van der Waals surface area contributed by atoms with Gasteiger partial charge in [-0.05, 0) is 19.1 Å². The number of nitriles is 1. The molecule has 4 nitrogen and oxygen atoms in total. The van der Waals surface area contributed by atoms with Crippen LogP contribution in [0.3, 0.4) is 0 Å². The van der Waals surface area contributed by atoms with Crippen LogP contribution in [0.15, 0.2) is 24.3 Å². The lowest BCUT2D eigenvalue weighted by atomic mass is 10.2. The highest BCUT2D eigenvalue weighted by molar-refractivity contribution is 5.95. The molecule has 1 aromatic carbocycles. The second-order valence-corrected chi connectivity index (χ2v) is 3.51. The average molecular weight is 254 g/mol. The summed E-state index contributed by atoms with van der Waals surface area (Å²) < 4.78 is 28.5. The van der Waals surface area contributed by atoms with Gasteiger partial charge in [0.25, 0.3) is 12.3 Å². The van der Waals surface area contributed by atoms with E-state index in [0.29, 0.717) is 11.3 Å². The SMILES string of the molecule is CC(OCC(F)F)C(=O)Nc1ccccc1C#N. The molecule has 1 unspecified atom stereocenters. The Morgan fingerprint density at radius 1 is 1.50 bits per heavy atom. The number of ether oxygens (including phenoxy) is 1. The Morgan fingerprint density at radius 2 is 2.17 bits per heavy atom. The number of hydrogen-bond acceptors (Lipinski definition) is 3. The summed E-state index contributed by atoms with van der Waals surface area (Å²) in [6.45, 7) is 0.571. The van der Waals surface area contributed by atoms with Gasteiger partial charge in [0, 0.05) is 0 Å². The fourth-order valence-corrected chi connectivity index (χ4v) is 1.22. The van der Waals surface area contributed by atoms with Crippen LogP contribution in [0.1, 0.15) is 12.5 Å². The van der Waals surface area contributed by atoms with E-state index < -0.39 is 25.0 Å². The van der Waals surface area contributed by atoms with Gasteiger partial charge in [-0.25, -0.2) is 8.78 Å². The fraction of sp³-hybridized carbons (Fsp3) is 0.333. The average Bonchev–Trinajstić information content (AvgIpc) is 2.36. The predicted molar refractivity (Wildman–Crippen MR) is 61.2 cm³/mol. The molecule has 6 heteroatoms. The van der Waals surface area contributed by atoms with Crippen molar-refractivity contribution in [3.05, 3.63) is 29.8 Å². The number of rotatable bonds is 5. The summed E-state index contributed by atoms with van der Waals surface area (Å²) in [5, 5.41) is 11.3. The monoisotopic (exact) mass is 254 g/mol. The number of nitrogens with one attached hydrogen (secondary N) is 1. The number of amides is 1. The molecule has 0 saturated carbocycles. The third-order valence-corrected chi connectivity index (χ3v) is 2.15. The van der Waals surface area contributed by atoms with Gasteiger partial charge >= 0.3 is 0 Å². The summed E-state index contributed by atoms with van der Waals surface area (Å²) >= 11 is 0. The van der Waals surface area contributed by atoms with E-state index in [1.54, 1.807) is 24.3 Å². The van der Waals surface area contributed by atoms with Crippen molar-refractivity contribution in [3.8, 4) is 6.07 Å². The van der Waals surface area contributed by atoms with E-state index in [2.05, 4.69) is 10.1 Å². The zero-order chi connectivity index (χ0) is 13.5. The number of benzene rings is 1. The smallest absolute Gasteiger partial charge is 0.261 e. The Labute approximate surface area is 103 Å². The molecule has 18 heavy (non-hydrogen) atoms. The summed E-state index contributed by atoms with van der Waals surface area (Å²) in [5.41, 5.74) is 0.629. The van der Waals surface area contributed by atoms with Crippen LogP contribution in [0.2, 0.25) is 0 Å². The van der Waals surface area contributed by atoms with Crippen LogP contribution in [0.5, 0.6) is 0 Å². The number of nitrogens with zero attached hydrogens (tertiary/aromatic N) is 1. The van der Waals surface area contributed by atoms with E-state index in [4.69, 9.17) is 5.26 Å². The molecule has 0 heterocycles. The molecule has 96 valence electrons. The lowest BCUT2D eigenvalue weighted by Crippen LogP contribution is -2.29. The van der Waals surface area contributed by atoms with Crippen LogP contribution in [-0.4, -0.2) is 25.0 Å². The van der Waals surface area contributed by atoms with Gasteiger partial charge in [-0.3, -0.25) is 4.79 Å². The van der Waals surface area contributed by atoms with Gasteiger partial charge in [0.1, 0.15) is 18.8 Å². The topological polar surface area (TPSA) is 62.1 Å². The Hall–Kier alpha value is -2.00. The highest BCUT2D eigenvalue weighted by atomic mass is 19.3. The Morgan fingerprint density at radius 3 is 2.78 bits per heavy atom. The molecule has 0 radical (unpaired) electrons. The lowest BCUT2D eigenvalue weighted by molar-refractivity contribution is -0.128. The van der Waals surface area contributed by atoms with Crippen LogP contribution in [0.25, 0.3) is 0 Å². The van der Waals surface area contributed by atoms with Crippen molar-refractivity contribution >= 4 is 11.6 Å². The molecule has 1 aromatic rings. The minimum absolute atomic E-state index is 0.298. The van der Waals surface area contributed by atoms with Crippen molar-refractivity contribution in [1.82, 2.24) is 0 Å². The summed E-state index contributed by atoms with van der Waals surface area (Å²) in [6.07, 6.45) is -3.63. The molecule has 1 N–H and O–H groups in total. The molecule has 0 aliphatic heterocycles. The molecular formula is C12H12F2N2O2. The van der Waals surface area contributed by atoms with Gasteiger partial charge in [0.2, 0.25) is 0 Å². The second-order valence-electron chi connectivity index (χ2n) is 3.51. The number of halogens is 2. The maximum atomic E-state index is 11.9. The van der Waals surface area contributed by atoms with Gasteiger partial charge in [0.05, 0.1) is 11.3 Å². The molecule has 0 aromatic heterocycles. The maximum absolute atomic E-state index is 11.9. The third-order valence-electron chi connectivity index (χ3n) is 2.15. The van der Waals surface area contributed by atoms with Crippen molar-refractivity contribution in [3.63, 3.8) is 0 Å². The van der Waals surface area contributed by atoms with Crippen LogP contribution >= 0.6 is 0 Å². The van der Waals surface area contributed by atoms with Gasteiger partial charge in [-0.1, -0.05) is 12.1 Å². The van der Waals surface area contributed by atoms with Crippen molar-refractivity contribution in [2.75, 3.05) is 11.9 Å². The quantitative estimate of drug-likeness (QED) is 0.875. The summed E-state index contributed by atoms with van der Waals surface area (Å²) in [6, 6.07) is 8.32. The Balaban J connectivity index is 2.62. The fourth-order valence-electron chi connectivity index (χ4n) is 1.22. The van der Waals surface area contributed by atoms with Crippen LogP contribution in [0, 0.1) is 11.3 Å². The molecule has 0 fully saturated rings. The maximum Gasteiger partial charge on any atom is 0.261 e. The first-order chi connectivity index (χ1) is 8.54. The van der Waals surface area contributed by atoms with Crippen molar-refractivity contribution in [1.29, 1.82) is 5.26 Å². The Kier molecular flexibility index (Phi) is 5.21. The minimum Gasteiger partial charge on any atom is -0.363 e. The largest absolute Gasteiger partial charge is 0.363 e. The van der Waals surface area contributed by atoms with E-state index in [0.717, 1.165) is 0 Å². The van der Waals surface area contributed by atoms with E-state index in [1.165, 1.54) is 6.92 Å². The van der Waals surface area contributed by atoms with E-state index >= 15 is 0 Å². The second kappa shape index (κ2) is 6.67. The van der Waals surface area contributed by atoms with Gasteiger partial charge in [-0.15, -0.1) is 0 Å². The molecular weight excluding hydrogens is 242 g/mol. The third kappa shape index (κ3) is 4.11. The van der Waals surface area contributed by atoms with Crippen LogP contribution in [0.4, 0.5) is 14.5 Å². The minimum atomic E-state index is -2.62. The highest BCUT2D eigenvalue weighted by Gasteiger charge is 2.16. The van der Waals surface area contributed by atoms with E-state index in [1.807, 2.05) is 6.07 Å². The van der Waals surface area contributed by atoms with Crippen LogP contribution in [-0.2, 0) is 9.53 Å². The first-order valence-corrected chi connectivity index (χ1v) is 5.24. The summed E-state index contributed by atoms with van der Waals surface area (Å²) in [4.78, 5) is 11.6. The van der Waals surface area contributed by atoms with E-state index in [9.17, 15) is 13.6 Å². The molecule has 1 atom stereocenters. The lowest BCUT2D eigenvalue weighted by Gasteiger charge is -2.13. The molecule has 0 bridgehead atoms. The molecule has 1 rings (SSSR count).